The number of ether oxygens (including phenoxy) is 1. The molecule has 5 heteroatoms. The molecule has 5 nitrogen and oxygen atoms in total. The minimum absolute atomic E-state index is 0.185. The highest BCUT2D eigenvalue weighted by atomic mass is 16.5. The van der Waals surface area contributed by atoms with Crippen LogP contribution in [0.15, 0.2) is 42.6 Å². The zero-order valence-corrected chi connectivity index (χ0v) is 10.6. The molecule has 98 valence electrons. The number of aromatic nitrogens is 1. The predicted octanol–water partition coefficient (Wildman–Crippen LogP) is 1.80. The van der Waals surface area contributed by atoms with Crippen molar-refractivity contribution >= 4 is 11.6 Å². The third-order valence-electron chi connectivity index (χ3n) is 2.66. The molecule has 0 fully saturated rings. The molecule has 3 N–H and O–H groups in total. The number of hydrogen-bond donors (Lipinski definition) is 2. The van der Waals surface area contributed by atoms with Crippen LogP contribution in [0.3, 0.4) is 0 Å². The Balaban J connectivity index is 2.06. The molecule has 0 saturated carbocycles. The Morgan fingerprint density at radius 1 is 1.26 bits per heavy atom. The Labute approximate surface area is 111 Å². The number of pyridine rings is 1. The van der Waals surface area contributed by atoms with Crippen LogP contribution >= 0.6 is 0 Å². The average Bonchev–Trinajstić information content (AvgIpc) is 2.48. The second-order valence-corrected chi connectivity index (χ2v) is 3.94. The number of nitrogens with one attached hydrogen (secondary N) is 1. The van der Waals surface area contributed by atoms with Crippen molar-refractivity contribution in [3.05, 3.63) is 53.7 Å². The van der Waals surface area contributed by atoms with Gasteiger partial charge in [0.2, 0.25) is 5.88 Å². The van der Waals surface area contributed by atoms with Gasteiger partial charge in [0.15, 0.2) is 0 Å². The molecule has 0 aliphatic heterocycles. The van der Waals surface area contributed by atoms with E-state index in [0.717, 1.165) is 5.56 Å². The predicted molar refractivity (Wildman–Crippen MR) is 73.1 cm³/mol. The van der Waals surface area contributed by atoms with E-state index in [1.54, 1.807) is 37.6 Å². The minimum Gasteiger partial charge on any atom is -0.481 e. The molecule has 19 heavy (non-hydrogen) atoms. The van der Waals surface area contributed by atoms with Crippen molar-refractivity contribution in [2.24, 2.45) is 5.73 Å². The lowest BCUT2D eigenvalue weighted by molar-refractivity contribution is 0.102. The number of nitrogens with zero attached hydrogens (tertiary/aromatic N) is 1. The SMILES string of the molecule is COc1ccc(NC(=O)c2ccc(CN)cc2)cn1. The minimum atomic E-state index is -0.185. The maximum atomic E-state index is 12.0. The number of anilines is 1. The Morgan fingerprint density at radius 2 is 2.00 bits per heavy atom. The Morgan fingerprint density at radius 3 is 2.53 bits per heavy atom. The molecular weight excluding hydrogens is 242 g/mol. The van der Waals surface area contributed by atoms with Crippen LogP contribution in [0, 0.1) is 0 Å². The van der Waals surface area contributed by atoms with Crippen molar-refractivity contribution in [1.29, 1.82) is 0 Å². The molecule has 1 aromatic carbocycles. The van der Waals surface area contributed by atoms with E-state index in [9.17, 15) is 4.79 Å². The van der Waals surface area contributed by atoms with Gasteiger partial charge in [-0.2, -0.15) is 0 Å². The molecule has 0 radical (unpaired) electrons. The van der Waals surface area contributed by atoms with Gasteiger partial charge < -0.3 is 15.8 Å². The van der Waals surface area contributed by atoms with E-state index in [4.69, 9.17) is 10.5 Å². The topological polar surface area (TPSA) is 77.2 Å². The van der Waals surface area contributed by atoms with Gasteiger partial charge in [0, 0.05) is 18.2 Å². The smallest absolute Gasteiger partial charge is 0.255 e. The van der Waals surface area contributed by atoms with E-state index < -0.39 is 0 Å². The van der Waals surface area contributed by atoms with Crippen LogP contribution in [0.1, 0.15) is 15.9 Å². The van der Waals surface area contributed by atoms with Crippen LogP contribution in [0.4, 0.5) is 5.69 Å². The zero-order valence-electron chi connectivity index (χ0n) is 10.6. The van der Waals surface area contributed by atoms with Gasteiger partial charge in [0.05, 0.1) is 19.0 Å². The average molecular weight is 257 g/mol. The molecule has 0 saturated heterocycles. The lowest BCUT2D eigenvalue weighted by Crippen LogP contribution is -2.12. The summed E-state index contributed by atoms with van der Waals surface area (Å²) in [7, 11) is 1.54. The maximum Gasteiger partial charge on any atom is 0.255 e. The van der Waals surface area contributed by atoms with E-state index in [2.05, 4.69) is 10.3 Å². The molecule has 1 amide bonds. The summed E-state index contributed by atoms with van der Waals surface area (Å²) in [6, 6.07) is 10.6. The molecule has 1 aromatic heterocycles. The van der Waals surface area contributed by atoms with Crippen molar-refractivity contribution in [2.75, 3.05) is 12.4 Å². The van der Waals surface area contributed by atoms with E-state index in [1.165, 1.54) is 0 Å². The highest BCUT2D eigenvalue weighted by molar-refractivity contribution is 6.04. The summed E-state index contributed by atoms with van der Waals surface area (Å²) in [5, 5.41) is 2.76. The molecule has 0 atom stereocenters. The summed E-state index contributed by atoms with van der Waals surface area (Å²) in [5.41, 5.74) is 7.69. The molecule has 0 aliphatic carbocycles. The number of methoxy groups -OCH3 is 1. The van der Waals surface area contributed by atoms with Crippen molar-refractivity contribution in [1.82, 2.24) is 4.98 Å². The highest BCUT2D eigenvalue weighted by Crippen LogP contribution is 2.12. The monoisotopic (exact) mass is 257 g/mol. The van der Waals surface area contributed by atoms with Crippen LogP contribution < -0.4 is 15.8 Å². The molecule has 2 aromatic rings. The molecule has 0 aliphatic rings. The number of amides is 1. The van der Waals surface area contributed by atoms with Crippen LogP contribution in [-0.2, 0) is 6.54 Å². The van der Waals surface area contributed by atoms with Gasteiger partial charge in [0.1, 0.15) is 0 Å². The second kappa shape index (κ2) is 5.97. The van der Waals surface area contributed by atoms with Gasteiger partial charge in [-0.1, -0.05) is 12.1 Å². The van der Waals surface area contributed by atoms with E-state index in [0.29, 0.717) is 23.7 Å². The summed E-state index contributed by atoms with van der Waals surface area (Å²) in [6.45, 7) is 0.463. The molecular formula is C14H15N3O2. The van der Waals surface area contributed by atoms with Crippen molar-refractivity contribution in [2.45, 2.75) is 6.54 Å². The number of nitrogens with two attached hydrogens (primary N) is 1. The van der Waals surface area contributed by atoms with E-state index in [-0.39, 0.29) is 5.91 Å². The van der Waals surface area contributed by atoms with Gasteiger partial charge in [-0.15, -0.1) is 0 Å². The number of benzene rings is 1. The third kappa shape index (κ3) is 3.29. The van der Waals surface area contributed by atoms with Crippen LogP contribution in [0.25, 0.3) is 0 Å². The summed E-state index contributed by atoms with van der Waals surface area (Å²) >= 11 is 0. The van der Waals surface area contributed by atoms with Gasteiger partial charge in [0.25, 0.3) is 5.91 Å². The zero-order chi connectivity index (χ0) is 13.7. The Hall–Kier alpha value is -2.40. The Kier molecular flexibility index (Phi) is 4.10. The first kappa shape index (κ1) is 13.0. The summed E-state index contributed by atoms with van der Waals surface area (Å²) in [5.74, 6) is 0.320. The molecule has 1 heterocycles. The first-order valence-electron chi connectivity index (χ1n) is 5.83. The number of carbonyl (C=O) groups excluding carboxylic acids is 1. The quantitative estimate of drug-likeness (QED) is 0.875. The number of carbonyl (C=O) groups is 1. The molecule has 2 rings (SSSR count). The van der Waals surface area contributed by atoms with Gasteiger partial charge in [-0.05, 0) is 23.8 Å². The fourth-order valence-corrected chi connectivity index (χ4v) is 1.57. The van der Waals surface area contributed by atoms with Gasteiger partial charge in [-0.25, -0.2) is 4.98 Å². The van der Waals surface area contributed by atoms with E-state index in [1.807, 2.05) is 12.1 Å². The standard InChI is InChI=1S/C14H15N3O2/c1-19-13-7-6-12(9-16-13)17-14(18)11-4-2-10(8-15)3-5-11/h2-7,9H,8,15H2,1H3,(H,17,18). The van der Waals surface area contributed by atoms with Gasteiger partial charge in [-0.3, -0.25) is 4.79 Å². The summed E-state index contributed by atoms with van der Waals surface area (Å²) < 4.78 is 4.95. The van der Waals surface area contributed by atoms with Crippen LogP contribution in [0.5, 0.6) is 5.88 Å². The van der Waals surface area contributed by atoms with Crippen LogP contribution in [-0.4, -0.2) is 18.0 Å². The Bertz CT molecular complexity index is 550. The van der Waals surface area contributed by atoms with Crippen LogP contribution in [0.2, 0.25) is 0 Å². The molecule has 0 bridgehead atoms. The summed E-state index contributed by atoms with van der Waals surface area (Å²) in [4.78, 5) is 16.0. The molecule has 0 spiro atoms. The van der Waals surface area contributed by atoms with Crippen molar-refractivity contribution in [3.63, 3.8) is 0 Å². The first-order valence-corrected chi connectivity index (χ1v) is 5.83. The lowest BCUT2D eigenvalue weighted by Gasteiger charge is -2.06. The first-order chi connectivity index (χ1) is 9.22. The van der Waals surface area contributed by atoms with Gasteiger partial charge >= 0.3 is 0 Å². The maximum absolute atomic E-state index is 12.0. The van der Waals surface area contributed by atoms with E-state index >= 15 is 0 Å². The fraction of sp³-hybridized carbons (Fsp3) is 0.143. The molecule has 0 unspecified atom stereocenters. The van der Waals surface area contributed by atoms with Crippen molar-refractivity contribution < 1.29 is 9.53 Å². The third-order valence-corrected chi connectivity index (χ3v) is 2.66. The summed E-state index contributed by atoms with van der Waals surface area (Å²) in [6.07, 6.45) is 1.55. The fourth-order valence-electron chi connectivity index (χ4n) is 1.57. The van der Waals surface area contributed by atoms with Crippen molar-refractivity contribution in [3.8, 4) is 5.88 Å². The normalized spacial score (nSPS) is 10.0. The second-order valence-electron chi connectivity index (χ2n) is 3.94. The number of hydrogen-bond acceptors (Lipinski definition) is 4. The number of rotatable bonds is 4. The lowest BCUT2D eigenvalue weighted by atomic mass is 10.1. The largest absolute Gasteiger partial charge is 0.481 e. The highest BCUT2D eigenvalue weighted by Gasteiger charge is 2.06.